The third-order valence-corrected chi connectivity index (χ3v) is 6.22. The average Bonchev–Trinajstić information content (AvgIpc) is 3.08. The highest BCUT2D eigenvalue weighted by Gasteiger charge is 2.38. The Balaban J connectivity index is 1.21. The average molecular weight is 383 g/mol. The molecule has 1 aromatic carbocycles. The van der Waals surface area contributed by atoms with Gasteiger partial charge in [0.2, 0.25) is 5.91 Å². The summed E-state index contributed by atoms with van der Waals surface area (Å²) in [4.78, 5) is 17.1. The molecule has 6 nitrogen and oxygen atoms in total. The first kappa shape index (κ1) is 19.2. The summed E-state index contributed by atoms with van der Waals surface area (Å²) in [6.45, 7) is 7.70. The Morgan fingerprint density at radius 2 is 1.86 bits per heavy atom. The van der Waals surface area contributed by atoms with Crippen LogP contribution in [0.5, 0.6) is 0 Å². The predicted octanol–water partition coefficient (Wildman–Crippen LogP) is 2.34. The molecule has 0 spiro atoms. The van der Waals surface area contributed by atoms with Crippen LogP contribution in [-0.2, 0) is 16.8 Å². The van der Waals surface area contributed by atoms with E-state index in [9.17, 15) is 4.79 Å². The Morgan fingerprint density at radius 3 is 2.46 bits per heavy atom. The number of carbonyl (C=O) groups is 1. The van der Waals surface area contributed by atoms with Crippen molar-refractivity contribution in [1.29, 1.82) is 0 Å². The molecular weight excluding hydrogens is 352 g/mol. The van der Waals surface area contributed by atoms with E-state index in [4.69, 9.17) is 4.52 Å². The molecule has 150 valence electrons. The molecule has 4 rings (SSSR count). The maximum absolute atomic E-state index is 12.5. The van der Waals surface area contributed by atoms with Gasteiger partial charge in [0.1, 0.15) is 5.76 Å². The minimum atomic E-state index is 0.141. The zero-order valence-corrected chi connectivity index (χ0v) is 16.7. The van der Waals surface area contributed by atoms with Crippen LogP contribution < -0.4 is 5.32 Å². The third kappa shape index (κ3) is 4.45. The maximum Gasteiger partial charge on any atom is 0.234 e. The molecule has 28 heavy (non-hydrogen) atoms. The van der Waals surface area contributed by atoms with Gasteiger partial charge in [-0.3, -0.25) is 14.6 Å². The van der Waals surface area contributed by atoms with Gasteiger partial charge in [0, 0.05) is 50.7 Å². The van der Waals surface area contributed by atoms with Gasteiger partial charge in [-0.25, -0.2) is 0 Å². The van der Waals surface area contributed by atoms with E-state index in [1.54, 1.807) is 0 Å². The number of nitrogens with zero attached hydrogens (tertiary/aromatic N) is 3. The summed E-state index contributed by atoms with van der Waals surface area (Å²) < 4.78 is 5.14. The molecule has 2 heterocycles. The number of benzene rings is 1. The number of aromatic nitrogens is 1. The lowest BCUT2D eigenvalue weighted by atomic mass is 9.64. The van der Waals surface area contributed by atoms with Gasteiger partial charge in [0.05, 0.1) is 12.2 Å². The Labute approximate surface area is 166 Å². The van der Waals surface area contributed by atoms with Crippen molar-refractivity contribution in [2.24, 2.45) is 0 Å². The number of carbonyl (C=O) groups excluding carboxylic acids is 1. The summed E-state index contributed by atoms with van der Waals surface area (Å²) in [7, 11) is 0. The molecule has 1 aromatic heterocycles. The number of hydrogen-bond donors (Lipinski definition) is 1. The summed E-state index contributed by atoms with van der Waals surface area (Å²) in [6.07, 6.45) is 3.58. The Kier molecular flexibility index (Phi) is 5.78. The van der Waals surface area contributed by atoms with E-state index in [1.165, 1.54) is 12.0 Å². The molecule has 0 unspecified atom stereocenters. The monoisotopic (exact) mass is 382 g/mol. The number of rotatable bonds is 7. The standard InChI is InChI=1S/C22H30N4O2/c1-18-14-20(24-28-18)15-25-10-12-26(13-11-25)16-21(27)23-17-22(8-5-9-22)19-6-3-2-4-7-19/h2-4,6-7,14H,5,8-13,15-17H2,1H3,(H,23,27). The van der Waals surface area contributed by atoms with E-state index in [0.717, 1.165) is 63.6 Å². The van der Waals surface area contributed by atoms with Crippen molar-refractivity contribution < 1.29 is 9.32 Å². The number of nitrogens with one attached hydrogen (secondary N) is 1. The number of piperazine rings is 1. The van der Waals surface area contributed by atoms with Crippen LogP contribution >= 0.6 is 0 Å². The maximum atomic E-state index is 12.5. The molecule has 1 aliphatic heterocycles. The van der Waals surface area contributed by atoms with Crippen LogP contribution in [0.25, 0.3) is 0 Å². The Morgan fingerprint density at radius 1 is 1.14 bits per heavy atom. The highest BCUT2D eigenvalue weighted by atomic mass is 16.5. The Bertz CT molecular complexity index is 777. The molecule has 6 heteroatoms. The van der Waals surface area contributed by atoms with Crippen molar-refractivity contribution in [2.75, 3.05) is 39.3 Å². The zero-order chi connectivity index (χ0) is 19.4. The van der Waals surface area contributed by atoms with E-state index in [1.807, 2.05) is 13.0 Å². The predicted molar refractivity (Wildman–Crippen MR) is 108 cm³/mol. The fourth-order valence-corrected chi connectivity index (χ4v) is 4.32. The number of amides is 1. The topological polar surface area (TPSA) is 61.6 Å². The van der Waals surface area contributed by atoms with Gasteiger partial charge in [0.25, 0.3) is 0 Å². The van der Waals surface area contributed by atoms with E-state index >= 15 is 0 Å². The quantitative estimate of drug-likeness (QED) is 0.796. The van der Waals surface area contributed by atoms with Crippen LogP contribution in [0, 0.1) is 6.92 Å². The first-order valence-corrected chi connectivity index (χ1v) is 10.3. The van der Waals surface area contributed by atoms with Gasteiger partial charge < -0.3 is 9.84 Å². The third-order valence-electron chi connectivity index (χ3n) is 6.22. The van der Waals surface area contributed by atoms with Crippen LogP contribution in [0.4, 0.5) is 0 Å². The largest absolute Gasteiger partial charge is 0.361 e. The lowest BCUT2D eigenvalue weighted by Crippen LogP contribution is -2.51. The lowest BCUT2D eigenvalue weighted by molar-refractivity contribution is -0.123. The van der Waals surface area contributed by atoms with E-state index in [-0.39, 0.29) is 11.3 Å². The van der Waals surface area contributed by atoms with Gasteiger partial charge in [-0.15, -0.1) is 0 Å². The highest BCUT2D eigenvalue weighted by Crippen LogP contribution is 2.43. The van der Waals surface area contributed by atoms with Crippen molar-refractivity contribution in [3.8, 4) is 0 Å². The summed E-state index contributed by atoms with van der Waals surface area (Å²) in [5.41, 5.74) is 2.49. The summed E-state index contributed by atoms with van der Waals surface area (Å²) in [5.74, 6) is 0.993. The van der Waals surface area contributed by atoms with E-state index in [2.05, 4.69) is 50.6 Å². The smallest absolute Gasteiger partial charge is 0.234 e. The molecule has 2 aliphatic rings. The minimum Gasteiger partial charge on any atom is -0.361 e. The first-order chi connectivity index (χ1) is 13.6. The fourth-order valence-electron chi connectivity index (χ4n) is 4.32. The second kappa shape index (κ2) is 8.45. The van der Waals surface area contributed by atoms with Crippen LogP contribution in [0.2, 0.25) is 0 Å². The molecular formula is C22H30N4O2. The van der Waals surface area contributed by atoms with Crippen molar-refractivity contribution in [2.45, 2.75) is 38.1 Å². The molecule has 2 fully saturated rings. The SMILES string of the molecule is Cc1cc(CN2CCN(CC(=O)NCC3(c4ccccc4)CCC3)CC2)no1. The number of hydrogen-bond acceptors (Lipinski definition) is 5. The van der Waals surface area contributed by atoms with Crippen LogP contribution in [0.3, 0.4) is 0 Å². The second-order valence-electron chi connectivity index (χ2n) is 8.26. The zero-order valence-electron chi connectivity index (χ0n) is 16.7. The lowest BCUT2D eigenvalue weighted by Gasteiger charge is -2.43. The second-order valence-corrected chi connectivity index (χ2v) is 8.26. The van der Waals surface area contributed by atoms with Gasteiger partial charge >= 0.3 is 0 Å². The molecule has 1 N–H and O–H groups in total. The Hall–Kier alpha value is -2.18. The van der Waals surface area contributed by atoms with Gasteiger partial charge in [0.15, 0.2) is 0 Å². The normalized spacial score (nSPS) is 19.9. The van der Waals surface area contributed by atoms with Gasteiger partial charge in [-0.05, 0) is 25.3 Å². The molecule has 1 saturated heterocycles. The molecule has 1 amide bonds. The summed E-state index contributed by atoms with van der Waals surface area (Å²) in [6, 6.07) is 12.6. The molecule has 2 aromatic rings. The molecule has 0 atom stereocenters. The number of aryl methyl sites for hydroxylation is 1. The van der Waals surface area contributed by atoms with Crippen molar-refractivity contribution in [3.05, 3.63) is 53.4 Å². The van der Waals surface area contributed by atoms with Gasteiger partial charge in [-0.2, -0.15) is 0 Å². The molecule has 1 aliphatic carbocycles. The molecule has 0 radical (unpaired) electrons. The van der Waals surface area contributed by atoms with Crippen molar-refractivity contribution >= 4 is 5.91 Å². The van der Waals surface area contributed by atoms with Crippen LogP contribution in [0.15, 0.2) is 40.9 Å². The molecule has 0 bridgehead atoms. The van der Waals surface area contributed by atoms with Crippen LogP contribution in [-0.4, -0.2) is 60.1 Å². The van der Waals surface area contributed by atoms with Gasteiger partial charge in [-0.1, -0.05) is 41.9 Å². The minimum absolute atomic E-state index is 0.141. The van der Waals surface area contributed by atoms with E-state index in [0.29, 0.717) is 6.54 Å². The van der Waals surface area contributed by atoms with Crippen molar-refractivity contribution in [1.82, 2.24) is 20.3 Å². The van der Waals surface area contributed by atoms with E-state index < -0.39 is 0 Å². The molecule has 1 saturated carbocycles. The highest BCUT2D eigenvalue weighted by molar-refractivity contribution is 5.78. The van der Waals surface area contributed by atoms with Crippen LogP contribution in [0.1, 0.15) is 36.3 Å². The van der Waals surface area contributed by atoms with Crippen molar-refractivity contribution in [3.63, 3.8) is 0 Å². The first-order valence-electron chi connectivity index (χ1n) is 10.3. The summed E-state index contributed by atoms with van der Waals surface area (Å²) in [5, 5.41) is 7.28. The summed E-state index contributed by atoms with van der Waals surface area (Å²) >= 11 is 0. The fraction of sp³-hybridized carbons (Fsp3) is 0.545.